The zero-order valence-electron chi connectivity index (χ0n) is 15.6. The van der Waals surface area contributed by atoms with Crippen LogP contribution in [0, 0.1) is 23.7 Å². The van der Waals surface area contributed by atoms with Gasteiger partial charge in [0.25, 0.3) is 0 Å². The molecule has 5 rings (SSSR count). The number of carbonyl (C=O) groups is 2. The van der Waals surface area contributed by atoms with Gasteiger partial charge in [0, 0.05) is 0 Å². The monoisotopic (exact) mass is 404 g/mol. The number of thiazole rings is 1. The number of amides is 1. The SMILES string of the molecule is O=C(O)C1C2C=CC(C2)C1C(=O)Nc1nc2ccc(Cc3ccccc3)cc2s1. The third-order valence-corrected chi connectivity index (χ3v) is 6.91. The molecule has 3 aromatic rings. The summed E-state index contributed by atoms with van der Waals surface area (Å²) < 4.78 is 1.01. The fourth-order valence-electron chi connectivity index (χ4n) is 4.67. The van der Waals surface area contributed by atoms with Gasteiger partial charge in [-0.2, -0.15) is 0 Å². The molecule has 0 radical (unpaired) electrons. The zero-order valence-corrected chi connectivity index (χ0v) is 16.4. The minimum absolute atomic E-state index is 0.00736. The number of nitrogens with zero attached hydrogens (tertiary/aromatic N) is 1. The summed E-state index contributed by atoms with van der Waals surface area (Å²) in [5.41, 5.74) is 3.27. The van der Waals surface area contributed by atoms with Gasteiger partial charge in [0.2, 0.25) is 5.91 Å². The summed E-state index contributed by atoms with van der Waals surface area (Å²) in [6.45, 7) is 0. The second kappa shape index (κ2) is 7.12. The summed E-state index contributed by atoms with van der Waals surface area (Å²) in [4.78, 5) is 29.0. The third-order valence-electron chi connectivity index (χ3n) is 5.98. The molecule has 0 spiro atoms. The molecule has 0 aliphatic heterocycles. The van der Waals surface area contributed by atoms with Crippen LogP contribution >= 0.6 is 11.3 Å². The second-order valence-corrected chi connectivity index (χ2v) is 8.84. The molecule has 2 aliphatic carbocycles. The highest BCUT2D eigenvalue weighted by Crippen LogP contribution is 2.48. The van der Waals surface area contributed by atoms with E-state index in [0.717, 1.165) is 23.1 Å². The normalized spacial score (nSPS) is 24.8. The van der Waals surface area contributed by atoms with Gasteiger partial charge in [0.15, 0.2) is 5.13 Å². The lowest BCUT2D eigenvalue weighted by atomic mass is 9.82. The Balaban J connectivity index is 1.35. The highest BCUT2D eigenvalue weighted by atomic mass is 32.1. The minimum atomic E-state index is -0.892. The van der Waals surface area contributed by atoms with E-state index in [1.165, 1.54) is 22.5 Å². The summed E-state index contributed by atoms with van der Waals surface area (Å²) in [5, 5.41) is 13.0. The number of carboxylic acids is 1. The fraction of sp³-hybridized carbons (Fsp3) is 0.261. The lowest BCUT2D eigenvalue weighted by Gasteiger charge is -2.23. The summed E-state index contributed by atoms with van der Waals surface area (Å²) >= 11 is 1.43. The van der Waals surface area contributed by atoms with Crippen molar-refractivity contribution in [1.29, 1.82) is 0 Å². The van der Waals surface area contributed by atoms with E-state index in [2.05, 4.69) is 34.6 Å². The van der Waals surface area contributed by atoms with E-state index in [-0.39, 0.29) is 17.7 Å². The Morgan fingerprint density at radius 1 is 1.03 bits per heavy atom. The summed E-state index contributed by atoms with van der Waals surface area (Å²) in [6, 6.07) is 16.4. The van der Waals surface area contributed by atoms with Crippen molar-refractivity contribution in [2.24, 2.45) is 23.7 Å². The van der Waals surface area contributed by atoms with Crippen LogP contribution in [-0.4, -0.2) is 22.0 Å². The zero-order chi connectivity index (χ0) is 20.0. The van der Waals surface area contributed by atoms with Crippen molar-refractivity contribution in [3.8, 4) is 0 Å². The van der Waals surface area contributed by atoms with E-state index >= 15 is 0 Å². The number of carboxylic acid groups (broad SMARTS) is 1. The Hall–Kier alpha value is -2.99. The van der Waals surface area contributed by atoms with E-state index in [1.54, 1.807) is 0 Å². The number of fused-ring (bicyclic) bond motifs is 3. The van der Waals surface area contributed by atoms with Crippen LogP contribution in [0.2, 0.25) is 0 Å². The third kappa shape index (κ3) is 3.34. The van der Waals surface area contributed by atoms with Crippen LogP contribution < -0.4 is 5.32 Å². The number of nitrogens with one attached hydrogen (secondary N) is 1. The molecule has 29 heavy (non-hydrogen) atoms. The summed E-state index contributed by atoms with van der Waals surface area (Å²) in [5.74, 6) is -2.33. The Morgan fingerprint density at radius 2 is 1.79 bits per heavy atom. The number of aliphatic carboxylic acids is 1. The van der Waals surface area contributed by atoms with Gasteiger partial charge >= 0.3 is 5.97 Å². The van der Waals surface area contributed by atoms with Crippen molar-refractivity contribution < 1.29 is 14.7 Å². The Labute approximate surface area is 172 Å². The fourth-order valence-corrected chi connectivity index (χ4v) is 5.60. The van der Waals surface area contributed by atoms with Gasteiger partial charge in [-0.1, -0.05) is 59.9 Å². The maximum Gasteiger partial charge on any atom is 0.307 e. The number of allylic oxidation sites excluding steroid dienone is 2. The molecule has 1 fully saturated rings. The second-order valence-electron chi connectivity index (χ2n) is 7.81. The van der Waals surface area contributed by atoms with Crippen molar-refractivity contribution in [3.05, 3.63) is 71.8 Å². The molecular weight excluding hydrogens is 384 g/mol. The van der Waals surface area contributed by atoms with Crippen molar-refractivity contribution in [2.45, 2.75) is 12.8 Å². The van der Waals surface area contributed by atoms with Crippen molar-refractivity contribution in [2.75, 3.05) is 5.32 Å². The molecule has 2 aromatic carbocycles. The molecule has 1 aromatic heterocycles. The predicted molar refractivity (Wildman–Crippen MR) is 113 cm³/mol. The van der Waals surface area contributed by atoms with Gasteiger partial charge in [-0.15, -0.1) is 0 Å². The number of carbonyl (C=O) groups excluding carboxylic acids is 1. The highest BCUT2D eigenvalue weighted by molar-refractivity contribution is 7.22. The lowest BCUT2D eigenvalue weighted by molar-refractivity contribution is -0.146. The predicted octanol–water partition coefficient (Wildman–Crippen LogP) is 4.35. The molecule has 2 N–H and O–H groups in total. The molecule has 1 amide bonds. The quantitative estimate of drug-likeness (QED) is 0.620. The molecule has 5 nitrogen and oxygen atoms in total. The smallest absolute Gasteiger partial charge is 0.307 e. The minimum Gasteiger partial charge on any atom is -0.481 e. The first-order valence-corrected chi connectivity index (χ1v) is 10.6. The van der Waals surface area contributed by atoms with E-state index in [9.17, 15) is 14.7 Å². The number of anilines is 1. The molecule has 146 valence electrons. The van der Waals surface area contributed by atoms with E-state index in [1.807, 2.05) is 36.4 Å². The standard InChI is InChI=1S/C23H20N2O3S/c26-21(19-15-7-8-16(12-15)20(19)22(27)28)25-23-24-17-9-6-14(11-18(17)29-23)10-13-4-2-1-3-5-13/h1-9,11,15-16,19-20H,10,12H2,(H,27,28)(H,24,25,26). The van der Waals surface area contributed by atoms with Crippen LogP contribution in [0.4, 0.5) is 5.13 Å². The van der Waals surface area contributed by atoms with Gasteiger partial charge in [-0.05, 0) is 47.9 Å². The van der Waals surface area contributed by atoms with Gasteiger partial charge in [0.1, 0.15) is 0 Å². The molecule has 2 aliphatic rings. The topological polar surface area (TPSA) is 79.3 Å². The van der Waals surface area contributed by atoms with Crippen molar-refractivity contribution in [3.63, 3.8) is 0 Å². The summed E-state index contributed by atoms with van der Waals surface area (Å²) in [7, 11) is 0. The van der Waals surface area contributed by atoms with Crippen LogP contribution in [0.5, 0.6) is 0 Å². The first-order chi connectivity index (χ1) is 14.1. The highest BCUT2D eigenvalue weighted by Gasteiger charge is 2.51. The molecule has 2 bridgehead atoms. The van der Waals surface area contributed by atoms with Crippen molar-refractivity contribution >= 4 is 38.6 Å². The van der Waals surface area contributed by atoms with E-state index in [4.69, 9.17) is 0 Å². The van der Waals surface area contributed by atoms with Gasteiger partial charge in [-0.25, -0.2) is 4.98 Å². The first kappa shape index (κ1) is 18.1. The number of benzene rings is 2. The Morgan fingerprint density at radius 3 is 2.55 bits per heavy atom. The van der Waals surface area contributed by atoms with E-state index in [0.29, 0.717) is 5.13 Å². The molecule has 4 unspecified atom stereocenters. The average Bonchev–Trinajstić information content (AvgIpc) is 3.42. The number of hydrogen-bond donors (Lipinski definition) is 2. The Bertz CT molecular complexity index is 1120. The maximum atomic E-state index is 12.9. The van der Waals surface area contributed by atoms with Crippen LogP contribution in [0.3, 0.4) is 0 Å². The molecule has 4 atom stereocenters. The number of rotatable bonds is 5. The van der Waals surface area contributed by atoms with Gasteiger partial charge in [-0.3, -0.25) is 9.59 Å². The molecule has 6 heteroatoms. The molecule has 0 saturated heterocycles. The first-order valence-electron chi connectivity index (χ1n) is 9.74. The molecular formula is C23H20N2O3S. The van der Waals surface area contributed by atoms with Gasteiger partial charge < -0.3 is 10.4 Å². The van der Waals surface area contributed by atoms with E-state index < -0.39 is 17.8 Å². The van der Waals surface area contributed by atoms with Crippen molar-refractivity contribution in [1.82, 2.24) is 4.98 Å². The van der Waals surface area contributed by atoms with Crippen LogP contribution in [0.15, 0.2) is 60.7 Å². The average molecular weight is 404 g/mol. The maximum absolute atomic E-state index is 12.9. The molecule has 1 heterocycles. The van der Waals surface area contributed by atoms with Crippen LogP contribution in [0.25, 0.3) is 10.2 Å². The Kier molecular flexibility index (Phi) is 4.43. The van der Waals surface area contributed by atoms with Gasteiger partial charge in [0.05, 0.1) is 22.1 Å². The lowest BCUT2D eigenvalue weighted by Crippen LogP contribution is -2.36. The summed E-state index contributed by atoms with van der Waals surface area (Å²) in [6.07, 6.45) is 5.52. The largest absolute Gasteiger partial charge is 0.481 e. The number of aromatic nitrogens is 1. The van der Waals surface area contributed by atoms with Crippen LogP contribution in [0.1, 0.15) is 17.5 Å². The number of hydrogen-bond acceptors (Lipinski definition) is 4. The molecule has 1 saturated carbocycles. The van der Waals surface area contributed by atoms with Crippen LogP contribution in [-0.2, 0) is 16.0 Å².